The van der Waals surface area contributed by atoms with Gasteiger partial charge in [0.15, 0.2) is 5.69 Å². The van der Waals surface area contributed by atoms with Crippen molar-refractivity contribution in [2.45, 2.75) is 32.6 Å². The van der Waals surface area contributed by atoms with E-state index < -0.39 is 28.8 Å². The van der Waals surface area contributed by atoms with E-state index in [1.54, 1.807) is 30.5 Å². The second kappa shape index (κ2) is 9.43. The molecule has 0 spiro atoms. The molecule has 0 aliphatic carbocycles. The lowest BCUT2D eigenvalue weighted by atomic mass is 10.1. The van der Waals surface area contributed by atoms with Crippen LogP contribution in [0.4, 0.5) is 18.9 Å². The molecule has 0 fully saturated rings. The van der Waals surface area contributed by atoms with E-state index in [0.29, 0.717) is 16.8 Å². The predicted octanol–water partition coefficient (Wildman–Crippen LogP) is 3.92. The summed E-state index contributed by atoms with van der Waals surface area (Å²) in [7, 11) is 1.29. The van der Waals surface area contributed by atoms with Gasteiger partial charge in [-0.15, -0.1) is 0 Å². The van der Waals surface area contributed by atoms with E-state index in [1.165, 1.54) is 24.9 Å². The summed E-state index contributed by atoms with van der Waals surface area (Å²) in [5.74, 6) is -0.900. The number of rotatable bonds is 7. The minimum Gasteiger partial charge on any atom is -0.465 e. The number of carbonyl (C=O) groups excluding carboxylic acids is 2. The van der Waals surface area contributed by atoms with Crippen molar-refractivity contribution in [2.75, 3.05) is 12.4 Å². The SMILES string of the molecule is COC(=O)c1ccccc1Cn1cc(NC(=O)CCn2nc(C(F)(F)F)c(Cl)c2C)cn1. The molecular weight excluding hydrogens is 451 g/mol. The highest BCUT2D eigenvalue weighted by Gasteiger charge is 2.38. The molecule has 0 saturated carbocycles. The number of alkyl halides is 3. The normalized spacial score (nSPS) is 11.4. The summed E-state index contributed by atoms with van der Waals surface area (Å²) in [5, 5.41) is 9.77. The largest absolute Gasteiger partial charge is 0.465 e. The molecule has 0 unspecified atom stereocenters. The standard InChI is InChI=1S/C20H19ClF3N5O3/c1-12-17(21)18(20(22,23)24)27-29(12)8-7-16(30)26-14-9-25-28(11-14)10-13-5-3-4-6-15(13)19(31)32-2/h3-6,9,11H,7-8,10H2,1-2H3,(H,26,30). The average Bonchev–Trinajstić information content (AvgIpc) is 3.30. The Morgan fingerprint density at radius 2 is 1.97 bits per heavy atom. The van der Waals surface area contributed by atoms with Crippen molar-refractivity contribution < 1.29 is 27.5 Å². The zero-order valence-electron chi connectivity index (χ0n) is 17.1. The topological polar surface area (TPSA) is 91.0 Å². The number of aryl methyl sites for hydroxylation is 1. The molecule has 0 bridgehead atoms. The molecule has 0 aliphatic heterocycles. The predicted molar refractivity (Wildman–Crippen MR) is 109 cm³/mol. The molecule has 0 aliphatic rings. The third kappa shape index (κ3) is 5.28. The third-order valence-corrected chi connectivity index (χ3v) is 5.08. The molecular formula is C20H19ClF3N5O3. The number of nitrogens with one attached hydrogen (secondary N) is 1. The molecule has 2 heterocycles. The highest BCUT2D eigenvalue weighted by Crippen LogP contribution is 2.35. The zero-order valence-corrected chi connectivity index (χ0v) is 17.9. The number of carbonyl (C=O) groups is 2. The Morgan fingerprint density at radius 3 is 2.62 bits per heavy atom. The molecule has 170 valence electrons. The van der Waals surface area contributed by atoms with Gasteiger partial charge in [0.1, 0.15) is 0 Å². The molecule has 12 heteroatoms. The smallest absolute Gasteiger partial charge is 0.436 e. The summed E-state index contributed by atoms with van der Waals surface area (Å²) in [6.45, 7) is 1.60. The maximum atomic E-state index is 12.9. The van der Waals surface area contributed by atoms with E-state index in [9.17, 15) is 22.8 Å². The van der Waals surface area contributed by atoms with Crippen LogP contribution in [0, 0.1) is 6.92 Å². The van der Waals surface area contributed by atoms with E-state index >= 15 is 0 Å². The van der Waals surface area contributed by atoms with Crippen LogP contribution in [-0.2, 0) is 28.8 Å². The Balaban J connectivity index is 1.61. The van der Waals surface area contributed by atoms with Crippen LogP contribution in [0.2, 0.25) is 5.02 Å². The molecule has 1 amide bonds. The second-order valence-corrected chi connectivity index (χ2v) is 7.22. The molecule has 32 heavy (non-hydrogen) atoms. The molecule has 3 aromatic rings. The Bertz CT molecular complexity index is 1140. The summed E-state index contributed by atoms with van der Waals surface area (Å²) < 4.78 is 46.1. The Hall–Kier alpha value is -3.34. The van der Waals surface area contributed by atoms with Crippen molar-refractivity contribution in [3.05, 3.63) is 64.2 Å². The van der Waals surface area contributed by atoms with E-state index in [-0.39, 0.29) is 25.2 Å². The number of anilines is 1. The van der Waals surface area contributed by atoms with Crippen molar-refractivity contribution in [3.8, 4) is 0 Å². The lowest BCUT2D eigenvalue weighted by molar-refractivity contribution is -0.141. The van der Waals surface area contributed by atoms with Gasteiger partial charge in [-0.1, -0.05) is 29.8 Å². The van der Waals surface area contributed by atoms with Gasteiger partial charge in [-0.3, -0.25) is 14.2 Å². The first-order chi connectivity index (χ1) is 15.1. The van der Waals surface area contributed by atoms with Gasteiger partial charge in [-0.05, 0) is 18.6 Å². The van der Waals surface area contributed by atoms with Crippen molar-refractivity contribution in [3.63, 3.8) is 0 Å². The number of esters is 1. The van der Waals surface area contributed by atoms with E-state index in [2.05, 4.69) is 15.5 Å². The third-order valence-electron chi connectivity index (χ3n) is 4.62. The molecule has 1 N–H and O–H groups in total. The first kappa shape index (κ1) is 23.3. The molecule has 8 nitrogen and oxygen atoms in total. The van der Waals surface area contributed by atoms with Crippen LogP contribution in [-0.4, -0.2) is 38.5 Å². The van der Waals surface area contributed by atoms with E-state index in [1.807, 2.05) is 0 Å². The van der Waals surface area contributed by atoms with Crippen molar-refractivity contribution in [2.24, 2.45) is 0 Å². The van der Waals surface area contributed by atoms with Gasteiger partial charge in [0.2, 0.25) is 5.91 Å². The van der Waals surface area contributed by atoms with Gasteiger partial charge in [0, 0.05) is 12.6 Å². The number of aromatic nitrogens is 4. The van der Waals surface area contributed by atoms with Crippen LogP contribution in [0.25, 0.3) is 0 Å². The highest BCUT2D eigenvalue weighted by molar-refractivity contribution is 6.31. The quantitative estimate of drug-likeness (QED) is 0.529. The first-order valence-corrected chi connectivity index (χ1v) is 9.76. The van der Waals surface area contributed by atoms with Gasteiger partial charge in [-0.25, -0.2) is 4.79 Å². The fourth-order valence-corrected chi connectivity index (χ4v) is 3.25. The lowest BCUT2D eigenvalue weighted by Gasteiger charge is -2.08. The van der Waals surface area contributed by atoms with Crippen LogP contribution < -0.4 is 5.32 Å². The van der Waals surface area contributed by atoms with Crippen molar-refractivity contribution >= 4 is 29.2 Å². The summed E-state index contributed by atoms with van der Waals surface area (Å²) in [6, 6.07) is 6.90. The van der Waals surface area contributed by atoms with Crippen LogP contribution in [0.1, 0.15) is 33.7 Å². The number of halogens is 4. The maximum Gasteiger partial charge on any atom is 0.436 e. The van der Waals surface area contributed by atoms with Gasteiger partial charge in [0.25, 0.3) is 0 Å². The van der Waals surface area contributed by atoms with Gasteiger partial charge in [-0.2, -0.15) is 23.4 Å². The average molecular weight is 470 g/mol. The summed E-state index contributed by atoms with van der Waals surface area (Å²) in [6.07, 6.45) is -1.79. The van der Waals surface area contributed by atoms with Crippen LogP contribution in [0.15, 0.2) is 36.7 Å². The summed E-state index contributed by atoms with van der Waals surface area (Å²) in [4.78, 5) is 24.1. The van der Waals surface area contributed by atoms with Gasteiger partial charge < -0.3 is 10.1 Å². The maximum absolute atomic E-state index is 12.9. The van der Waals surface area contributed by atoms with E-state index in [4.69, 9.17) is 16.3 Å². The fourth-order valence-electron chi connectivity index (χ4n) is 3.01. The van der Waals surface area contributed by atoms with Gasteiger partial charge in [0.05, 0.1) is 48.4 Å². The number of amides is 1. The number of ether oxygens (including phenoxy) is 1. The molecule has 0 radical (unpaired) electrons. The minimum atomic E-state index is -4.67. The summed E-state index contributed by atoms with van der Waals surface area (Å²) in [5.41, 5.74) is 0.445. The van der Waals surface area contributed by atoms with Crippen LogP contribution in [0.3, 0.4) is 0 Å². The van der Waals surface area contributed by atoms with E-state index in [0.717, 1.165) is 4.68 Å². The van der Waals surface area contributed by atoms with Gasteiger partial charge >= 0.3 is 12.1 Å². The van der Waals surface area contributed by atoms with Crippen molar-refractivity contribution in [1.29, 1.82) is 0 Å². The number of hydrogen-bond acceptors (Lipinski definition) is 5. The molecule has 2 aromatic heterocycles. The zero-order chi connectivity index (χ0) is 23.5. The first-order valence-electron chi connectivity index (χ1n) is 9.38. The number of nitrogens with zero attached hydrogens (tertiary/aromatic N) is 4. The Labute approximate surface area is 185 Å². The molecule has 0 saturated heterocycles. The van der Waals surface area contributed by atoms with Crippen LogP contribution >= 0.6 is 11.6 Å². The number of hydrogen-bond donors (Lipinski definition) is 1. The van der Waals surface area contributed by atoms with Crippen LogP contribution in [0.5, 0.6) is 0 Å². The highest BCUT2D eigenvalue weighted by atomic mass is 35.5. The number of benzene rings is 1. The molecule has 3 rings (SSSR count). The second-order valence-electron chi connectivity index (χ2n) is 6.84. The Kier molecular flexibility index (Phi) is 6.87. The molecule has 1 aromatic carbocycles. The lowest BCUT2D eigenvalue weighted by Crippen LogP contribution is -2.16. The molecule has 0 atom stereocenters. The fraction of sp³-hybridized carbons (Fsp3) is 0.300. The monoisotopic (exact) mass is 469 g/mol. The summed E-state index contributed by atoms with van der Waals surface area (Å²) >= 11 is 5.71. The number of methoxy groups -OCH3 is 1. The van der Waals surface area contributed by atoms with Crippen molar-refractivity contribution in [1.82, 2.24) is 19.6 Å². The Morgan fingerprint density at radius 1 is 1.25 bits per heavy atom. The minimum absolute atomic E-state index is 0.0753.